The predicted octanol–water partition coefficient (Wildman–Crippen LogP) is 2.15. The summed E-state index contributed by atoms with van der Waals surface area (Å²) in [4.78, 5) is 53.6. The number of aliphatic imine (C=N–C) groups is 1. The van der Waals surface area contributed by atoms with Gasteiger partial charge in [-0.25, -0.2) is 9.97 Å². The van der Waals surface area contributed by atoms with Crippen molar-refractivity contribution in [3.8, 4) is 10.7 Å². The first-order valence-corrected chi connectivity index (χ1v) is 14.2. The number of nitrogens with zero attached hydrogens (tertiary/aromatic N) is 4. The highest BCUT2D eigenvalue weighted by molar-refractivity contribution is 7.14. The zero-order chi connectivity index (χ0) is 26.2. The number of carbonyl (C=O) groups is 3. The number of nitrogens with one attached hydrogen (secondary N) is 3. The highest BCUT2D eigenvalue weighted by atomic mass is 32.1. The summed E-state index contributed by atoms with van der Waals surface area (Å²) in [5.41, 5.74) is 3.08. The SMILES string of the molecule is C[C@H]1CCC(C2=C(CC(=O)NCc3nc(-c4nc(C(=O)NCCN(C)C)cs4)cs3)C3(CC3)NC2=O)=N1. The molecule has 10 nitrogen and oxygen atoms in total. The molecule has 0 bridgehead atoms. The lowest BCUT2D eigenvalue weighted by atomic mass is 9.95. The van der Waals surface area contributed by atoms with Crippen LogP contribution in [0.4, 0.5) is 0 Å². The van der Waals surface area contributed by atoms with E-state index < -0.39 is 0 Å². The standard InChI is InChI=1S/C25H31N7O3S2/c1-14-4-5-16(28-14)21-15(25(6-7-25)31-23(21)35)10-19(33)27-11-20-29-18(13-36-20)24-30-17(12-37-24)22(34)26-8-9-32(2)3/h12-14H,4-11H2,1-3H3,(H,26,34)(H,27,33)(H,31,35)/t14-/m0/s1. The normalized spacial score (nSPS) is 19.9. The van der Waals surface area contributed by atoms with E-state index in [1.54, 1.807) is 5.38 Å². The summed E-state index contributed by atoms with van der Waals surface area (Å²) in [6.07, 6.45) is 3.63. The molecule has 0 aromatic carbocycles. The van der Waals surface area contributed by atoms with Crippen molar-refractivity contribution in [1.29, 1.82) is 0 Å². The van der Waals surface area contributed by atoms with E-state index in [1.165, 1.54) is 22.7 Å². The molecule has 0 radical (unpaired) electrons. The van der Waals surface area contributed by atoms with Gasteiger partial charge in [0, 0.05) is 35.6 Å². The molecule has 196 valence electrons. The van der Waals surface area contributed by atoms with Gasteiger partial charge in [-0.05, 0) is 52.3 Å². The predicted molar refractivity (Wildman–Crippen MR) is 144 cm³/mol. The third-order valence-electron chi connectivity index (χ3n) is 6.80. The van der Waals surface area contributed by atoms with E-state index in [0.717, 1.165) is 48.5 Å². The molecule has 5 rings (SSSR count). The Hall–Kier alpha value is -2.96. The molecular weight excluding hydrogens is 510 g/mol. The third kappa shape index (κ3) is 5.65. The fraction of sp³-hybridized carbons (Fsp3) is 0.520. The summed E-state index contributed by atoms with van der Waals surface area (Å²) in [6.45, 7) is 3.65. The summed E-state index contributed by atoms with van der Waals surface area (Å²) < 4.78 is 0. The summed E-state index contributed by atoms with van der Waals surface area (Å²) in [5.74, 6) is -0.427. The molecule has 1 aliphatic carbocycles. The van der Waals surface area contributed by atoms with Crippen molar-refractivity contribution in [2.75, 3.05) is 27.2 Å². The van der Waals surface area contributed by atoms with Gasteiger partial charge < -0.3 is 20.9 Å². The molecule has 3 N–H and O–H groups in total. The molecule has 3 amide bonds. The van der Waals surface area contributed by atoms with Gasteiger partial charge in [0.15, 0.2) is 0 Å². The Morgan fingerprint density at radius 3 is 2.70 bits per heavy atom. The molecule has 37 heavy (non-hydrogen) atoms. The van der Waals surface area contributed by atoms with Crippen LogP contribution >= 0.6 is 22.7 Å². The first-order valence-electron chi connectivity index (χ1n) is 12.5. The Balaban J connectivity index is 1.19. The number of rotatable bonds is 10. The van der Waals surface area contributed by atoms with Crippen molar-refractivity contribution >= 4 is 46.1 Å². The van der Waals surface area contributed by atoms with E-state index in [2.05, 4.69) is 37.8 Å². The minimum absolute atomic E-state index is 0.0908. The van der Waals surface area contributed by atoms with Crippen LogP contribution in [0.3, 0.4) is 0 Å². The van der Waals surface area contributed by atoms with E-state index in [4.69, 9.17) is 0 Å². The van der Waals surface area contributed by atoms with Crippen molar-refractivity contribution in [2.24, 2.45) is 4.99 Å². The molecule has 1 spiro atoms. The molecule has 2 aromatic rings. The van der Waals surface area contributed by atoms with Crippen LogP contribution < -0.4 is 16.0 Å². The number of likely N-dealkylation sites (N-methyl/N-ethyl adjacent to an activating group) is 1. The molecule has 2 aromatic heterocycles. The topological polar surface area (TPSA) is 129 Å². The lowest BCUT2D eigenvalue weighted by Gasteiger charge is -2.13. The third-order valence-corrected chi connectivity index (χ3v) is 8.51. The van der Waals surface area contributed by atoms with Gasteiger partial charge in [0.05, 0.1) is 24.1 Å². The first-order chi connectivity index (χ1) is 17.7. The van der Waals surface area contributed by atoms with Crippen molar-refractivity contribution in [3.05, 3.63) is 32.6 Å². The number of thiazole rings is 2. The second-order valence-corrected chi connectivity index (χ2v) is 11.8. The molecule has 1 atom stereocenters. The minimum atomic E-state index is -0.353. The van der Waals surface area contributed by atoms with Crippen LogP contribution in [0, 0.1) is 0 Å². The van der Waals surface area contributed by atoms with Gasteiger partial charge in [-0.1, -0.05) is 0 Å². The van der Waals surface area contributed by atoms with Gasteiger partial charge in [-0.2, -0.15) is 0 Å². The summed E-state index contributed by atoms with van der Waals surface area (Å²) in [7, 11) is 3.90. The Kier molecular flexibility index (Phi) is 7.24. The van der Waals surface area contributed by atoms with E-state index in [0.29, 0.717) is 35.1 Å². The number of hydrogen-bond acceptors (Lipinski definition) is 9. The summed E-state index contributed by atoms with van der Waals surface area (Å²) >= 11 is 2.80. The number of amides is 3. The molecule has 1 fully saturated rings. The van der Waals surface area contributed by atoms with Crippen LogP contribution in [0.2, 0.25) is 0 Å². The maximum atomic E-state index is 12.9. The average molecular weight is 542 g/mol. The fourth-order valence-corrected chi connectivity index (χ4v) is 6.20. The molecule has 2 aliphatic heterocycles. The van der Waals surface area contributed by atoms with E-state index in [1.807, 2.05) is 24.4 Å². The lowest BCUT2D eigenvalue weighted by molar-refractivity contribution is -0.120. The van der Waals surface area contributed by atoms with Gasteiger partial charge in [0.1, 0.15) is 21.4 Å². The Morgan fingerprint density at radius 1 is 1.19 bits per heavy atom. The van der Waals surface area contributed by atoms with Gasteiger partial charge in [-0.15, -0.1) is 22.7 Å². The lowest BCUT2D eigenvalue weighted by Crippen LogP contribution is -2.32. The highest BCUT2D eigenvalue weighted by Crippen LogP contribution is 2.49. The van der Waals surface area contributed by atoms with Gasteiger partial charge in [0.25, 0.3) is 11.8 Å². The molecule has 12 heteroatoms. The quantitative estimate of drug-likeness (QED) is 0.423. The van der Waals surface area contributed by atoms with Crippen molar-refractivity contribution in [1.82, 2.24) is 30.8 Å². The Labute approximate surface area is 223 Å². The molecule has 1 saturated carbocycles. The fourth-order valence-electron chi connectivity index (χ4n) is 4.64. The van der Waals surface area contributed by atoms with Gasteiger partial charge >= 0.3 is 0 Å². The zero-order valence-corrected chi connectivity index (χ0v) is 22.9. The van der Waals surface area contributed by atoms with Gasteiger partial charge in [-0.3, -0.25) is 19.4 Å². The van der Waals surface area contributed by atoms with Crippen LogP contribution in [0.15, 0.2) is 26.9 Å². The Morgan fingerprint density at radius 2 is 2.00 bits per heavy atom. The van der Waals surface area contributed by atoms with Crippen molar-refractivity contribution in [3.63, 3.8) is 0 Å². The Bertz CT molecular complexity index is 1290. The zero-order valence-electron chi connectivity index (χ0n) is 21.2. The van der Waals surface area contributed by atoms with Crippen LogP contribution in [-0.4, -0.2) is 77.1 Å². The largest absolute Gasteiger partial charge is 0.349 e. The molecule has 0 unspecified atom stereocenters. The molecular formula is C25H31N7O3S2. The number of aromatic nitrogens is 2. The minimum Gasteiger partial charge on any atom is -0.349 e. The van der Waals surface area contributed by atoms with Crippen molar-refractivity contribution in [2.45, 2.75) is 57.2 Å². The van der Waals surface area contributed by atoms with Gasteiger partial charge in [0.2, 0.25) is 5.91 Å². The summed E-state index contributed by atoms with van der Waals surface area (Å²) in [6, 6.07) is 0.214. The van der Waals surface area contributed by atoms with E-state index >= 15 is 0 Å². The van der Waals surface area contributed by atoms with Crippen LogP contribution in [0.5, 0.6) is 0 Å². The monoisotopic (exact) mass is 541 g/mol. The maximum absolute atomic E-state index is 12.9. The molecule has 3 aliphatic rings. The molecule has 4 heterocycles. The van der Waals surface area contributed by atoms with Crippen LogP contribution in [0.25, 0.3) is 10.7 Å². The number of hydrogen-bond donors (Lipinski definition) is 3. The molecule has 0 saturated heterocycles. The van der Waals surface area contributed by atoms with Crippen molar-refractivity contribution < 1.29 is 14.4 Å². The average Bonchev–Trinajstić information content (AvgIpc) is 3.27. The van der Waals surface area contributed by atoms with E-state index in [9.17, 15) is 14.4 Å². The van der Waals surface area contributed by atoms with Crippen LogP contribution in [-0.2, 0) is 16.1 Å². The number of carbonyl (C=O) groups excluding carboxylic acids is 3. The highest BCUT2D eigenvalue weighted by Gasteiger charge is 2.54. The second-order valence-electron chi connectivity index (χ2n) is 10.0. The summed E-state index contributed by atoms with van der Waals surface area (Å²) in [5, 5.41) is 13.9. The van der Waals surface area contributed by atoms with E-state index in [-0.39, 0.29) is 35.7 Å². The smallest absolute Gasteiger partial charge is 0.270 e. The first kappa shape index (κ1) is 25.7. The maximum Gasteiger partial charge on any atom is 0.270 e. The van der Waals surface area contributed by atoms with Crippen LogP contribution in [0.1, 0.15) is 54.5 Å². The second kappa shape index (κ2) is 10.4.